The molecule has 0 radical (unpaired) electrons. The molecule has 122 valence electrons. The Labute approximate surface area is 144 Å². The molecule has 6 nitrogen and oxygen atoms in total. The van der Waals surface area contributed by atoms with Crippen molar-refractivity contribution in [3.63, 3.8) is 0 Å². The zero-order valence-electron chi connectivity index (χ0n) is 12.9. The van der Waals surface area contributed by atoms with Crippen molar-refractivity contribution in [2.75, 3.05) is 11.5 Å². The average molecular weight is 339 g/mol. The van der Waals surface area contributed by atoms with Gasteiger partial charge in [0.2, 0.25) is 0 Å². The maximum atomic E-state index is 5.71. The number of nitrogens with two attached hydrogens (primary N) is 2. The van der Waals surface area contributed by atoms with Crippen LogP contribution in [0.2, 0.25) is 0 Å². The second-order valence-electron chi connectivity index (χ2n) is 5.04. The van der Waals surface area contributed by atoms with E-state index in [1.54, 1.807) is 6.20 Å². The average Bonchev–Trinajstić information content (AvgIpc) is 2.59. The molecule has 4 N–H and O–H groups in total. The Hall–Kier alpha value is -2.80. The highest BCUT2D eigenvalue weighted by atomic mass is 32.2. The minimum atomic E-state index is 0.378. The minimum Gasteiger partial charge on any atom is -0.487 e. The molecule has 0 bridgehead atoms. The molecule has 3 rings (SSSR count). The van der Waals surface area contributed by atoms with Gasteiger partial charge < -0.3 is 16.2 Å². The van der Waals surface area contributed by atoms with Crippen LogP contribution in [0.1, 0.15) is 11.3 Å². The highest BCUT2D eigenvalue weighted by Gasteiger charge is 2.03. The van der Waals surface area contributed by atoms with E-state index in [9.17, 15) is 0 Å². The molecule has 0 aliphatic heterocycles. The fourth-order valence-corrected chi connectivity index (χ4v) is 2.83. The van der Waals surface area contributed by atoms with Crippen molar-refractivity contribution in [3.05, 3.63) is 66.0 Å². The highest BCUT2D eigenvalue weighted by molar-refractivity contribution is 7.98. The zero-order chi connectivity index (χ0) is 16.8. The van der Waals surface area contributed by atoms with Gasteiger partial charge in [-0.1, -0.05) is 30.0 Å². The van der Waals surface area contributed by atoms with Gasteiger partial charge in [0.05, 0.1) is 5.69 Å². The first kappa shape index (κ1) is 16.1. The van der Waals surface area contributed by atoms with Gasteiger partial charge in [-0.15, -0.1) is 0 Å². The number of thioether (sulfide) groups is 1. The van der Waals surface area contributed by atoms with E-state index in [0.29, 0.717) is 23.4 Å². The summed E-state index contributed by atoms with van der Waals surface area (Å²) in [5.41, 5.74) is 13.4. The molecule has 24 heavy (non-hydrogen) atoms. The molecule has 2 heterocycles. The number of nitrogens with zero attached hydrogens (tertiary/aromatic N) is 3. The maximum absolute atomic E-state index is 5.71. The van der Waals surface area contributed by atoms with Gasteiger partial charge in [-0.3, -0.25) is 4.98 Å². The SMILES string of the molecule is Nc1cc(N)nc(SCc2ccc(OCc3ccccn3)cc2)n1. The molecule has 0 saturated heterocycles. The molecule has 3 aromatic rings. The van der Waals surface area contributed by atoms with E-state index >= 15 is 0 Å². The number of hydrogen-bond acceptors (Lipinski definition) is 7. The summed E-state index contributed by atoms with van der Waals surface area (Å²) in [7, 11) is 0. The van der Waals surface area contributed by atoms with E-state index in [-0.39, 0.29) is 0 Å². The van der Waals surface area contributed by atoms with Crippen LogP contribution >= 0.6 is 11.8 Å². The predicted molar refractivity (Wildman–Crippen MR) is 95.4 cm³/mol. The van der Waals surface area contributed by atoms with Gasteiger partial charge in [-0.05, 0) is 29.8 Å². The van der Waals surface area contributed by atoms with E-state index < -0.39 is 0 Å². The van der Waals surface area contributed by atoms with E-state index in [1.807, 2.05) is 42.5 Å². The summed E-state index contributed by atoms with van der Waals surface area (Å²) in [5.74, 6) is 2.29. The molecule has 0 fully saturated rings. The zero-order valence-corrected chi connectivity index (χ0v) is 13.7. The lowest BCUT2D eigenvalue weighted by Gasteiger charge is -2.07. The Morgan fingerprint density at radius 1 is 0.958 bits per heavy atom. The molecule has 0 spiro atoms. The molecule has 0 aliphatic rings. The molecule has 0 aliphatic carbocycles. The third-order valence-electron chi connectivity index (χ3n) is 3.15. The quantitative estimate of drug-likeness (QED) is 0.526. The van der Waals surface area contributed by atoms with Crippen molar-refractivity contribution in [1.82, 2.24) is 15.0 Å². The molecule has 7 heteroatoms. The van der Waals surface area contributed by atoms with Crippen molar-refractivity contribution in [3.8, 4) is 5.75 Å². The monoisotopic (exact) mass is 339 g/mol. The second kappa shape index (κ2) is 7.65. The van der Waals surface area contributed by atoms with Gasteiger partial charge in [0.15, 0.2) is 5.16 Å². The van der Waals surface area contributed by atoms with Crippen LogP contribution in [-0.4, -0.2) is 15.0 Å². The second-order valence-corrected chi connectivity index (χ2v) is 5.99. The maximum Gasteiger partial charge on any atom is 0.191 e. The van der Waals surface area contributed by atoms with Gasteiger partial charge in [-0.25, -0.2) is 9.97 Å². The molecule has 0 atom stereocenters. The summed E-state index contributed by atoms with van der Waals surface area (Å²) in [6.45, 7) is 0.450. The van der Waals surface area contributed by atoms with Gasteiger partial charge in [0.1, 0.15) is 24.0 Å². The summed E-state index contributed by atoms with van der Waals surface area (Å²) < 4.78 is 5.71. The number of hydrogen-bond donors (Lipinski definition) is 2. The van der Waals surface area contributed by atoms with Crippen molar-refractivity contribution < 1.29 is 4.74 Å². The largest absolute Gasteiger partial charge is 0.487 e. The molecular weight excluding hydrogens is 322 g/mol. The summed E-state index contributed by atoms with van der Waals surface area (Å²) in [5, 5.41) is 0.572. The number of ether oxygens (including phenoxy) is 1. The molecule has 0 saturated carbocycles. The molecule has 1 aromatic carbocycles. The van der Waals surface area contributed by atoms with Crippen molar-refractivity contribution >= 4 is 23.4 Å². The molecule has 0 amide bonds. The number of aromatic nitrogens is 3. The Morgan fingerprint density at radius 3 is 2.38 bits per heavy atom. The summed E-state index contributed by atoms with van der Waals surface area (Å²) >= 11 is 1.48. The van der Waals surface area contributed by atoms with E-state index in [0.717, 1.165) is 22.8 Å². The van der Waals surface area contributed by atoms with Gasteiger partial charge in [-0.2, -0.15) is 0 Å². The fraction of sp³-hybridized carbons (Fsp3) is 0.118. The number of rotatable bonds is 6. The topological polar surface area (TPSA) is 99.9 Å². The Morgan fingerprint density at radius 2 is 1.71 bits per heavy atom. The Balaban J connectivity index is 1.54. The minimum absolute atomic E-state index is 0.378. The normalized spacial score (nSPS) is 10.5. The summed E-state index contributed by atoms with van der Waals surface area (Å²) in [6, 6.07) is 15.2. The predicted octanol–water partition coefficient (Wildman–Crippen LogP) is 2.91. The van der Waals surface area contributed by atoms with Crippen LogP contribution in [-0.2, 0) is 12.4 Å². The molecular formula is C17H17N5OS. The smallest absolute Gasteiger partial charge is 0.191 e. The number of anilines is 2. The number of benzene rings is 1. The first-order valence-electron chi connectivity index (χ1n) is 7.33. The lowest BCUT2D eigenvalue weighted by Crippen LogP contribution is -1.99. The fourth-order valence-electron chi connectivity index (χ4n) is 2.00. The first-order valence-corrected chi connectivity index (χ1v) is 8.32. The van der Waals surface area contributed by atoms with E-state index in [2.05, 4.69) is 15.0 Å². The number of pyridine rings is 1. The van der Waals surface area contributed by atoms with Crippen molar-refractivity contribution in [2.24, 2.45) is 0 Å². The number of nitrogen functional groups attached to an aromatic ring is 2. The summed E-state index contributed by atoms with van der Waals surface area (Å²) in [6.07, 6.45) is 1.75. The van der Waals surface area contributed by atoms with Crippen molar-refractivity contribution in [1.29, 1.82) is 0 Å². The highest BCUT2D eigenvalue weighted by Crippen LogP contribution is 2.22. The van der Waals surface area contributed by atoms with Crippen LogP contribution < -0.4 is 16.2 Å². The van der Waals surface area contributed by atoms with Gasteiger partial charge >= 0.3 is 0 Å². The van der Waals surface area contributed by atoms with E-state index in [1.165, 1.54) is 17.8 Å². The van der Waals surface area contributed by atoms with Crippen LogP contribution in [0.4, 0.5) is 11.6 Å². The first-order chi connectivity index (χ1) is 11.7. The standard InChI is InChI=1S/C17H17N5OS/c18-15-9-16(19)22-17(21-15)24-11-12-4-6-14(7-5-12)23-10-13-3-1-2-8-20-13/h1-9H,10-11H2,(H4,18,19,21,22). The lowest BCUT2D eigenvalue weighted by molar-refractivity contribution is 0.301. The van der Waals surface area contributed by atoms with Gasteiger partial charge in [0.25, 0.3) is 0 Å². The Kier molecular flexibility index (Phi) is 5.12. The van der Waals surface area contributed by atoms with Crippen LogP contribution in [0.15, 0.2) is 59.9 Å². The third kappa shape index (κ3) is 4.60. The Bertz CT molecular complexity index is 776. The molecule has 0 unspecified atom stereocenters. The summed E-state index contributed by atoms with van der Waals surface area (Å²) in [4.78, 5) is 12.5. The van der Waals surface area contributed by atoms with Crippen LogP contribution in [0.25, 0.3) is 0 Å². The van der Waals surface area contributed by atoms with Crippen LogP contribution in [0.5, 0.6) is 5.75 Å². The van der Waals surface area contributed by atoms with E-state index in [4.69, 9.17) is 16.2 Å². The van der Waals surface area contributed by atoms with Crippen LogP contribution in [0, 0.1) is 0 Å². The molecule has 2 aromatic heterocycles. The third-order valence-corrected chi connectivity index (χ3v) is 4.07. The van der Waals surface area contributed by atoms with Gasteiger partial charge in [0, 0.05) is 18.0 Å². The van der Waals surface area contributed by atoms with Crippen molar-refractivity contribution in [2.45, 2.75) is 17.5 Å². The van der Waals surface area contributed by atoms with Crippen LogP contribution in [0.3, 0.4) is 0 Å². The lowest BCUT2D eigenvalue weighted by atomic mass is 10.2.